The van der Waals surface area contributed by atoms with Crippen molar-refractivity contribution in [2.24, 2.45) is 0 Å². The molecule has 0 spiro atoms. The molecule has 0 heterocycles. The molecule has 5 nitrogen and oxygen atoms in total. The molecular formula is C13H17F2NO4S. The average molecular weight is 321 g/mol. The molecule has 0 radical (unpaired) electrons. The largest absolute Gasteiger partial charge is 0.366 e. The molecular weight excluding hydrogens is 304 g/mol. The predicted octanol–water partition coefficient (Wildman–Crippen LogP) is 2.44. The highest BCUT2D eigenvalue weighted by Crippen LogP contribution is 2.20. The first-order valence-electron chi connectivity index (χ1n) is 6.08. The van der Waals surface area contributed by atoms with Crippen LogP contribution in [0.25, 0.3) is 0 Å². The van der Waals surface area contributed by atoms with Crippen LogP contribution in [0.1, 0.15) is 20.8 Å². The maximum absolute atomic E-state index is 12.3. The molecule has 0 aliphatic rings. The fourth-order valence-electron chi connectivity index (χ4n) is 1.31. The summed E-state index contributed by atoms with van der Waals surface area (Å²) in [5.41, 5.74) is -0.169. The van der Waals surface area contributed by atoms with Crippen LogP contribution in [0.5, 0.6) is 0 Å². The molecule has 0 aliphatic heterocycles. The SMILES string of the molecule is CC(C)(C)OCC(=O)Nc1ccc(S(=O)(=O)C(F)F)cc1. The van der Waals surface area contributed by atoms with Gasteiger partial charge in [-0.05, 0) is 45.0 Å². The van der Waals surface area contributed by atoms with Crippen LogP contribution in [-0.2, 0) is 19.4 Å². The topological polar surface area (TPSA) is 72.5 Å². The first-order valence-corrected chi connectivity index (χ1v) is 7.63. The molecule has 1 rings (SSSR count). The number of hydrogen-bond acceptors (Lipinski definition) is 4. The van der Waals surface area contributed by atoms with E-state index in [0.717, 1.165) is 12.1 Å². The summed E-state index contributed by atoms with van der Waals surface area (Å²) in [4.78, 5) is 11.1. The Labute approximate surface area is 122 Å². The number of ether oxygens (including phenoxy) is 1. The molecule has 0 unspecified atom stereocenters. The Morgan fingerprint density at radius 2 is 1.76 bits per heavy atom. The lowest BCUT2D eigenvalue weighted by Gasteiger charge is -2.19. The summed E-state index contributed by atoms with van der Waals surface area (Å²) in [5.74, 6) is -3.90. The van der Waals surface area contributed by atoms with Gasteiger partial charge in [0, 0.05) is 5.69 Å². The molecule has 1 aromatic rings. The monoisotopic (exact) mass is 321 g/mol. The molecule has 1 N–H and O–H groups in total. The summed E-state index contributed by atoms with van der Waals surface area (Å²) < 4.78 is 52.4. The van der Waals surface area contributed by atoms with Crippen molar-refractivity contribution >= 4 is 21.4 Å². The minimum absolute atomic E-state index is 0.166. The lowest BCUT2D eigenvalue weighted by molar-refractivity contribution is -0.125. The quantitative estimate of drug-likeness (QED) is 0.904. The number of nitrogens with one attached hydrogen (secondary N) is 1. The second-order valence-corrected chi connectivity index (χ2v) is 7.20. The molecule has 0 atom stereocenters. The van der Waals surface area contributed by atoms with Gasteiger partial charge in [0.05, 0.1) is 10.5 Å². The van der Waals surface area contributed by atoms with E-state index in [9.17, 15) is 22.0 Å². The van der Waals surface area contributed by atoms with Gasteiger partial charge >= 0.3 is 5.76 Å². The Morgan fingerprint density at radius 3 is 2.19 bits per heavy atom. The number of carbonyl (C=O) groups excluding carboxylic acids is 1. The molecule has 0 bridgehead atoms. The van der Waals surface area contributed by atoms with Crippen molar-refractivity contribution in [2.45, 2.75) is 37.0 Å². The van der Waals surface area contributed by atoms with E-state index in [2.05, 4.69) is 5.32 Å². The first kappa shape index (κ1) is 17.5. The first-order chi connectivity index (χ1) is 9.52. The van der Waals surface area contributed by atoms with Crippen molar-refractivity contribution in [2.75, 3.05) is 11.9 Å². The number of hydrogen-bond donors (Lipinski definition) is 1. The maximum atomic E-state index is 12.3. The number of anilines is 1. The van der Waals surface area contributed by atoms with E-state index in [1.165, 1.54) is 12.1 Å². The van der Waals surface area contributed by atoms with Crippen molar-refractivity contribution in [3.05, 3.63) is 24.3 Å². The predicted molar refractivity (Wildman–Crippen MR) is 74.0 cm³/mol. The third-order valence-corrected chi connectivity index (χ3v) is 3.74. The third-order valence-electron chi connectivity index (χ3n) is 2.34. The summed E-state index contributed by atoms with van der Waals surface area (Å²) in [7, 11) is -4.62. The van der Waals surface area contributed by atoms with Crippen LogP contribution in [0.3, 0.4) is 0 Å². The lowest BCUT2D eigenvalue weighted by Crippen LogP contribution is -2.27. The molecule has 0 aliphatic carbocycles. The minimum Gasteiger partial charge on any atom is -0.366 e. The Bertz CT molecular complexity index is 592. The highest BCUT2D eigenvalue weighted by atomic mass is 32.2. The van der Waals surface area contributed by atoms with Crippen LogP contribution >= 0.6 is 0 Å². The molecule has 1 amide bonds. The van der Waals surface area contributed by atoms with Gasteiger partial charge < -0.3 is 10.1 Å². The molecule has 8 heteroatoms. The Hall–Kier alpha value is -1.54. The van der Waals surface area contributed by atoms with Gasteiger partial charge in [0.1, 0.15) is 6.61 Å². The number of rotatable bonds is 5. The number of halogens is 2. The average Bonchev–Trinajstić information content (AvgIpc) is 2.36. The molecule has 0 aromatic heterocycles. The molecule has 0 saturated carbocycles. The minimum atomic E-state index is -4.62. The van der Waals surface area contributed by atoms with Crippen LogP contribution in [0.4, 0.5) is 14.5 Å². The number of alkyl halides is 2. The second-order valence-electron chi connectivity index (χ2n) is 5.28. The van der Waals surface area contributed by atoms with E-state index in [1.807, 2.05) is 0 Å². The molecule has 0 fully saturated rings. The van der Waals surface area contributed by atoms with Crippen LogP contribution in [0.15, 0.2) is 29.2 Å². The lowest BCUT2D eigenvalue weighted by atomic mass is 10.2. The molecule has 1 aromatic carbocycles. The Morgan fingerprint density at radius 1 is 1.24 bits per heavy atom. The smallest absolute Gasteiger partial charge is 0.341 e. The van der Waals surface area contributed by atoms with E-state index in [0.29, 0.717) is 5.69 Å². The number of benzene rings is 1. The van der Waals surface area contributed by atoms with Crippen LogP contribution < -0.4 is 5.32 Å². The molecule has 21 heavy (non-hydrogen) atoms. The summed E-state index contributed by atoms with van der Waals surface area (Å²) in [6, 6.07) is 4.51. The van der Waals surface area contributed by atoms with Gasteiger partial charge in [0.25, 0.3) is 0 Å². The summed E-state index contributed by atoms with van der Waals surface area (Å²) in [6.45, 7) is 5.22. The fraction of sp³-hybridized carbons (Fsp3) is 0.462. The van der Waals surface area contributed by atoms with E-state index < -0.39 is 32.0 Å². The zero-order valence-corrected chi connectivity index (χ0v) is 12.7. The number of carbonyl (C=O) groups is 1. The highest BCUT2D eigenvalue weighted by molar-refractivity contribution is 7.91. The third kappa shape index (κ3) is 5.39. The van der Waals surface area contributed by atoms with Crippen LogP contribution in [-0.4, -0.2) is 32.3 Å². The zero-order chi connectivity index (χ0) is 16.3. The summed E-state index contributed by atoms with van der Waals surface area (Å²) in [6.07, 6.45) is 0. The molecule has 118 valence electrons. The van der Waals surface area contributed by atoms with Crippen molar-refractivity contribution < 1.29 is 26.7 Å². The van der Waals surface area contributed by atoms with Gasteiger partial charge in [-0.2, -0.15) is 8.78 Å². The van der Waals surface area contributed by atoms with Crippen molar-refractivity contribution in [3.63, 3.8) is 0 Å². The van der Waals surface area contributed by atoms with Crippen molar-refractivity contribution in [1.29, 1.82) is 0 Å². The zero-order valence-electron chi connectivity index (χ0n) is 11.9. The van der Waals surface area contributed by atoms with Crippen LogP contribution in [0.2, 0.25) is 0 Å². The van der Waals surface area contributed by atoms with Crippen molar-refractivity contribution in [1.82, 2.24) is 0 Å². The van der Waals surface area contributed by atoms with E-state index in [1.54, 1.807) is 20.8 Å². The normalized spacial score (nSPS) is 12.5. The summed E-state index contributed by atoms with van der Waals surface area (Å²) >= 11 is 0. The van der Waals surface area contributed by atoms with Gasteiger partial charge in [-0.1, -0.05) is 0 Å². The standard InChI is InChI=1S/C13H17F2NO4S/c1-13(2,3)20-8-11(17)16-9-4-6-10(7-5-9)21(18,19)12(14)15/h4-7,12H,8H2,1-3H3,(H,16,17). The van der Waals surface area contributed by atoms with E-state index in [-0.39, 0.29) is 6.61 Å². The fourth-order valence-corrected chi connectivity index (χ4v) is 2.03. The van der Waals surface area contributed by atoms with Gasteiger partial charge in [-0.15, -0.1) is 0 Å². The number of amides is 1. The van der Waals surface area contributed by atoms with Gasteiger partial charge in [0.15, 0.2) is 0 Å². The summed E-state index contributed by atoms with van der Waals surface area (Å²) in [5, 5.41) is 2.48. The van der Waals surface area contributed by atoms with E-state index >= 15 is 0 Å². The number of sulfone groups is 1. The maximum Gasteiger partial charge on any atom is 0.341 e. The Kier molecular flexibility index (Phi) is 5.41. The Balaban J connectivity index is 2.70. The van der Waals surface area contributed by atoms with Gasteiger partial charge in [-0.25, -0.2) is 8.42 Å². The van der Waals surface area contributed by atoms with Crippen molar-refractivity contribution in [3.8, 4) is 0 Å². The second kappa shape index (κ2) is 6.48. The van der Waals surface area contributed by atoms with Crippen LogP contribution in [0, 0.1) is 0 Å². The van der Waals surface area contributed by atoms with Gasteiger partial charge in [-0.3, -0.25) is 4.79 Å². The van der Waals surface area contributed by atoms with E-state index in [4.69, 9.17) is 4.74 Å². The molecule has 0 saturated heterocycles. The highest BCUT2D eigenvalue weighted by Gasteiger charge is 2.26. The van der Waals surface area contributed by atoms with Gasteiger partial charge in [0.2, 0.25) is 15.7 Å².